The molecule has 1 aromatic rings. The Bertz CT molecular complexity index is 402. The van der Waals surface area contributed by atoms with Crippen LogP contribution in [0.3, 0.4) is 0 Å². The highest BCUT2D eigenvalue weighted by Gasteiger charge is 2.20. The summed E-state index contributed by atoms with van der Waals surface area (Å²) < 4.78 is 0. The van der Waals surface area contributed by atoms with Gasteiger partial charge in [-0.1, -0.05) is 19.8 Å². The molecule has 18 heavy (non-hydrogen) atoms. The molecule has 100 valence electrons. The van der Waals surface area contributed by atoms with Gasteiger partial charge in [0.2, 0.25) is 0 Å². The van der Waals surface area contributed by atoms with E-state index in [2.05, 4.69) is 11.8 Å². The van der Waals surface area contributed by atoms with Crippen LogP contribution in [0.15, 0.2) is 12.1 Å². The Balaban J connectivity index is 2.02. The summed E-state index contributed by atoms with van der Waals surface area (Å²) in [5.41, 5.74) is 0. The molecule has 1 aliphatic rings. The molecule has 0 radical (unpaired) electrons. The number of carboxylic acid groups (broad SMARTS) is 1. The van der Waals surface area contributed by atoms with Gasteiger partial charge in [0.25, 0.3) is 0 Å². The molecule has 0 spiro atoms. The first-order chi connectivity index (χ1) is 8.70. The highest BCUT2D eigenvalue weighted by atomic mass is 32.1. The Labute approximate surface area is 112 Å². The van der Waals surface area contributed by atoms with Crippen LogP contribution in [-0.2, 0) is 6.54 Å². The van der Waals surface area contributed by atoms with Crippen LogP contribution in [0.25, 0.3) is 0 Å². The van der Waals surface area contributed by atoms with E-state index in [1.165, 1.54) is 48.3 Å². The van der Waals surface area contributed by atoms with Crippen LogP contribution < -0.4 is 0 Å². The van der Waals surface area contributed by atoms with Crippen LogP contribution in [0.2, 0.25) is 0 Å². The summed E-state index contributed by atoms with van der Waals surface area (Å²) in [5.74, 6) is -0.811. The van der Waals surface area contributed by atoms with Crippen molar-refractivity contribution in [2.75, 3.05) is 6.54 Å². The zero-order chi connectivity index (χ0) is 13.0. The maximum Gasteiger partial charge on any atom is 0.345 e. The van der Waals surface area contributed by atoms with Gasteiger partial charge in [-0.15, -0.1) is 11.3 Å². The van der Waals surface area contributed by atoms with Crippen molar-refractivity contribution >= 4 is 17.3 Å². The van der Waals surface area contributed by atoms with Gasteiger partial charge in [-0.2, -0.15) is 0 Å². The SMILES string of the molecule is CCC1CCCCCN1Cc1ccc(C(=O)O)s1. The molecular weight excluding hydrogens is 246 g/mol. The van der Waals surface area contributed by atoms with Gasteiger partial charge < -0.3 is 5.11 Å². The van der Waals surface area contributed by atoms with E-state index in [9.17, 15) is 4.79 Å². The number of carbonyl (C=O) groups is 1. The van der Waals surface area contributed by atoms with Gasteiger partial charge in [0, 0.05) is 17.5 Å². The third-order valence-corrected chi connectivity index (χ3v) is 4.76. The molecule has 0 saturated carbocycles. The van der Waals surface area contributed by atoms with Gasteiger partial charge >= 0.3 is 5.97 Å². The van der Waals surface area contributed by atoms with E-state index in [-0.39, 0.29) is 0 Å². The fourth-order valence-corrected chi connectivity index (χ4v) is 3.56. The van der Waals surface area contributed by atoms with Crippen molar-refractivity contribution in [3.05, 3.63) is 21.9 Å². The molecule has 1 fully saturated rings. The first-order valence-electron chi connectivity index (χ1n) is 6.76. The standard InChI is InChI=1S/C14H21NO2S/c1-2-11-6-4-3-5-9-15(11)10-12-7-8-13(18-12)14(16)17/h7-8,11H,2-6,9-10H2,1H3,(H,16,17). The molecule has 0 bridgehead atoms. The Hall–Kier alpha value is -0.870. The summed E-state index contributed by atoms with van der Waals surface area (Å²) in [6.45, 7) is 4.31. The lowest BCUT2D eigenvalue weighted by atomic mass is 10.1. The van der Waals surface area contributed by atoms with Crippen LogP contribution in [0.4, 0.5) is 0 Å². The fourth-order valence-electron chi connectivity index (χ4n) is 2.69. The van der Waals surface area contributed by atoms with Gasteiger partial charge in [0.1, 0.15) is 4.88 Å². The van der Waals surface area contributed by atoms with Crippen molar-refractivity contribution in [2.45, 2.75) is 51.6 Å². The van der Waals surface area contributed by atoms with E-state index in [0.717, 1.165) is 13.1 Å². The number of carboxylic acids is 1. The molecule has 1 saturated heterocycles. The predicted octanol–water partition coefficient (Wildman–Crippen LogP) is 3.60. The second-order valence-corrected chi connectivity index (χ2v) is 6.12. The molecule has 2 rings (SSSR count). The number of nitrogens with zero attached hydrogens (tertiary/aromatic N) is 1. The smallest absolute Gasteiger partial charge is 0.345 e. The molecule has 1 aliphatic heterocycles. The average Bonchev–Trinajstić information content (AvgIpc) is 2.70. The number of likely N-dealkylation sites (tertiary alicyclic amines) is 1. The van der Waals surface area contributed by atoms with E-state index in [0.29, 0.717) is 10.9 Å². The zero-order valence-corrected chi connectivity index (χ0v) is 11.7. The van der Waals surface area contributed by atoms with E-state index >= 15 is 0 Å². The van der Waals surface area contributed by atoms with Crippen molar-refractivity contribution in [1.82, 2.24) is 4.90 Å². The molecule has 0 amide bonds. The van der Waals surface area contributed by atoms with Crippen molar-refractivity contribution in [1.29, 1.82) is 0 Å². The lowest BCUT2D eigenvalue weighted by molar-refractivity contribution is 0.0702. The minimum Gasteiger partial charge on any atom is -0.477 e. The summed E-state index contributed by atoms with van der Waals surface area (Å²) in [7, 11) is 0. The van der Waals surface area contributed by atoms with Gasteiger partial charge in [-0.3, -0.25) is 4.90 Å². The maximum atomic E-state index is 10.9. The normalized spacial score (nSPS) is 21.7. The number of hydrogen-bond donors (Lipinski definition) is 1. The monoisotopic (exact) mass is 267 g/mol. The van der Waals surface area contributed by atoms with Crippen LogP contribution >= 0.6 is 11.3 Å². The van der Waals surface area contributed by atoms with Gasteiger partial charge in [-0.05, 0) is 37.9 Å². The maximum absolute atomic E-state index is 10.9. The summed E-state index contributed by atoms with van der Waals surface area (Å²) in [4.78, 5) is 15.0. The van der Waals surface area contributed by atoms with Crippen LogP contribution in [-0.4, -0.2) is 28.6 Å². The van der Waals surface area contributed by atoms with E-state index < -0.39 is 5.97 Å². The third kappa shape index (κ3) is 3.33. The highest BCUT2D eigenvalue weighted by Crippen LogP contribution is 2.24. The molecule has 3 nitrogen and oxygen atoms in total. The number of hydrogen-bond acceptors (Lipinski definition) is 3. The average molecular weight is 267 g/mol. The van der Waals surface area contributed by atoms with Gasteiger partial charge in [-0.25, -0.2) is 4.79 Å². The molecule has 1 unspecified atom stereocenters. The number of thiophene rings is 1. The molecular formula is C14H21NO2S. The highest BCUT2D eigenvalue weighted by molar-refractivity contribution is 7.13. The topological polar surface area (TPSA) is 40.5 Å². The van der Waals surface area contributed by atoms with E-state index in [1.54, 1.807) is 6.07 Å². The number of rotatable bonds is 4. The Morgan fingerprint density at radius 3 is 2.94 bits per heavy atom. The lowest BCUT2D eigenvalue weighted by Gasteiger charge is -2.28. The molecule has 4 heteroatoms. The summed E-state index contributed by atoms with van der Waals surface area (Å²) in [6.07, 6.45) is 6.41. The van der Waals surface area contributed by atoms with E-state index in [1.807, 2.05) is 6.07 Å². The molecule has 0 aromatic carbocycles. The van der Waals surface area contributed by atoms with Crippen LogP contribution in [0, 0.1) is 0 Å². The van der Waals surface area contributed by atoms with Gasteiger partial charge in [0.05, 0.1) is 0 Å². The van der Waals surface area contributed by atoms with Crippen molar-refractivity contribution in [3.8, 4) is 0 Å². The fraction of sp³-hybridized carbons (Fsp3) is 0.643. The summed E-state index contributed by atoms with van der Waals surface area (Å²) in [5, 5.41) is 8.94. The van der Waals surface area contributed by atoms with Crippen LogP contribution in [0.5, 0.6) is 0 Å². The largest absolute Gasteiger partial charge is 0.477 e. The summed E-state index contributed by atoms with van der Waals surface area (Å²) >= 11 is 1.41. The molecule has 0 aliphatic carbocycles. The van der Waals surface area contributed by atoms with E-state index in [4.69, 9.17) is 5.11 Å². The Morgan fingerprint density at radius 1 is 1.44 bits per heavy atom. The minimum atomic E-state index is -0.811. The molecule has 2 heterocycles. The Morgan fingerprint density at radius 2 is 2.28 bits per heavy atom. The van der Waals surface area contributed by atoms with Gasteiger partial charge in [0.15, 0.2) is 0 Å². The summed E-state index contributed by atoms with van der Waals surface area (Å²) in [6, 6.07) is 4.36. The van der Waals surface area contributed by atoms with Crippen molar-refractivity contribution in [3.63, 3.8) is 0 Å². The van der Waals surface area contributed by atoms with Crippen LogP contribution in [0.1, 0.15) is 53.6 Å². The third-order valence-electron chi connectivity index (χ3n) is 3.70. The van der Waals surface area contributed by atoms with Crippen molar-refractivity contribution in [2.24, 2.45) is 0 Å². The minimum absolute atomic E-state index is 0.452. The second-order valence-electron chi connectivity index (χ2n) is 4.95. The predicted molar refractivity (Wildman–Crippen MR) is 74.2 cm³/mol. The first-order valence-corrected chi connectivity index (χ1v) is 7.58. The molecule has 1 N–H and O–H groups in total. The number of aromatic carboxylic acids is 1. The second kappa shape index (κ2) is 6.34. The first kappa shape index (κ1) is 13.6. The molecule has 1 atom stereocenters. The Kier molecular flexibility index (Phi) is 4.78. The molecule has 1 aromatic heterocycles. The lowest BCUT2D eigenvalue weighted by Crippen LogP contribution is -2.33. The quantitative estimate of drug-likeness (QED) is 0.906. The van der Waals surface area contributed by atoms with Crippen molar-refractivity contribution < 1.29 is 9.90 Å². The zero-order valence-electron chi connectivity index (χ0n) is 10.9.